The van der Waals surface area contributed by atoms with E-state index in [2.05, 4.69) is 22.1 Å². The van der Waals surface area contributed by atoms with Gasteiger partial charge in [-0.25, -0.2) is 0 Å². The predicted molar refractivity (Wildman–Crippen MR) is 83.5 cm³/mol. The summed E-state index contributed by atoms with van der Waals surface area (Å²) in [5, 5.41) is 2.25. The molecule has 0 bridgehead atoms. The van der Waals surface area contributed by atoms with Gasteiger partial charge in [-0.1, -0.05) is 36.4 Å². The Hall–Kier alpha value is -1.51. The Bertz CT molecular complexity index is 582. The van der Waals surface area contributed by atoms with Gasteiger partial charge in [-0.2, -0.15) is 0 Å². The molecule has 0 aliphatic heterocycles. The lowest BCUT2D eigenvalue weighted by molar-refractivity contribution is 0.488. The molecule has 3 nitrogen and oxygen atoms in total. The van der Waals surface area contributed by atoms with E-state index in [9.17, 15) is 0 Å². The maximum absolute atomic E-state index is 5.65. The highest BCUT2D eigenvalue weighted by Gasteiger charge is 2.21. The molecule has 0 N–H and O–H groups in total. The fourth-order valence-corrected chi connectivity index (χ4v) is 3.45. The Kier molecular flexibility index (Phi) is 4.83. The topological polar surface area (TPSA) is 30.8 Å². The summed E-state index contributed by atoms with van der Waals surface area (Å²) in [7, 11) is 0. The molecule has 0 aromatic heterocycles. The van der Waals surface area contributed by atoms with Crippen molar-refractivity contribution in [3.8, 4) is 11.5 Å². The quantitative estimate of drug-likeness (QED) is 0.463. The van der Waals surface area contributed by atoms with Gasteiger partial charge >= 0.3 is 6.64 Å². The molecule has 0 aliphatic rings. The van der Waals surface area contributed by atoms with Crippen molar-refractivity contribution in [3.05, 3.63) is 60.7 Å². The molecule has 0 atom stereocenters. The number of thiocarbonyl (C=S) groups is 1. The minimum atomic E-state index is -2.92. The number of hydrogen-bond donors (Lipinski definition) is 0. The summed E-state index contributed by atoms with van der Waals surface area (Å²) in [6.07, 6.45) is 0. The number of isothiocyanates is 1. The lowest BCUT2D eigenvalue weighted by atomic mass is 10.3. The van der Waals surface area contributed by atoms with E-state index in [4.69, 9.17) is 20.9 Å². The van der Waals surface area contributed by atoms with E-state index < -0.39 is 6.64 Å². The molecular formula is C13H10NO2PS2. The summed E-state index contributed by atoms with van der Waals surface area (Å²) in [6, 6.07) is 18.3. The van der Waals surface area contributed by atoms with Crippen molar-refractivity contribution >= 4 is 35.8 Å². The van der Waals surface area contributed by atoms with Crippen LogP contribution in [0.15, 0.2) is 65.4 Å². The first-order valence-corrected chi connectivity index (χ1v) is 8.40. The van der Waals surface area contributed by atoms with Crippen molar-refractivity contribution in [1.82, 2.24) is 0 Å². The molecular weight excluding hydrogens is 297 g/mol. The lowest BCUT2D eigenvalue weighted by Gasteiger charge is -2.17. The highest BCUT2D eigenvalue weighted by atomic mass is 32.5. The molecule has 19 heavy (non-hydrogen) atoms. The Balaban J connectivity index is 2.23. The molecule has 0 spiro atoms. The molecule has 0 heterocycles. The van der Waals surface area contributed by atoms with Crippen LogP contribution < -0.4 is 9.05 Å². The molecule has 0 unspecified atom stereocenters. The summed E-state index contributed by atoms with van der Waals surface area (Å²) in [5.74, 6) is 1.19. The summed E-state index contributed by atoms with van der Waals surface area (Å²) >= 11 is 9.95. The van der Waals surface area contributed by atoms with Crippen LogP contribution in [0.3, 0.4) is 0 Å². The van der Waals surface area contributed by atoms with Gasteiger partial charge in [0.2, 0.25) is 0 Å². The van der Waals surface area contributed by atoms with Crippen LogP contribution in [-0.4, -0.2) is 5.16 Å². The van der Waals surface area contributed by atoms with Crippen molar-refractivity contribution in [2.24, 2.45) is 4.76 Å². The van der Waals surface area contributed by atoms with Gasteiger partial charge in [0.15, 0.2) is 0 Å². The summed E-state index contributed by atoms with van der Waals surface area (Å²) in [4.78, 5) is 0. The van der Waals surface area contributed by atoms with E-state index in [1.54, 1.807) is 24.3 Å². The van der Waals surface area contributed by atoms with Crippen LogP contribution in [0, 0.1) is 0 Å². The average Bonchev–Trinajstić information content (AvgIpc) is 2.41. The minimum Gasteiger partial charge on any atom is -0.419 e. The second-order valence-electron chi connectivity index (χ2n) is 3.47. The van der Waals surface area contributed by atoms with Crippen molar-refractivity contribution in [2.75, 3.05) is 0 Å². The number of para-hydroxylation sites is 2. The van der Waals surface area contributed by atoms with Gasteiger partial charge in [0, 0.05) is 11.8 Å². The summed E-state index contributed by atoms with van der Waals surface area (Å²) in [6.45, 7) is -2.92. The molecule has 2 aromatic rings. The van der Waals surface area contributed by atoms with Gasteiger partial charge in [-0.15, -0.1) is 4.76 Å². The van der Waals surface area contributed by atoms with E-state index in [1.165, 1.54) is 0 Å². The number of hydrogen-bond acceptors (Lipinski definition) is 4. The van der Waals surface area contributed by atoms with Gasteiger partial charge in [0.25, 0.3) is 0 Å². The van der Waals surface area contributed by atoms with Gasteiger partial charge in [-0.3, -0.25) is 0 Å². The van der Waals surface area contributed by atoms with Crippen molar-refractivity contribution in [1.29, 1.82) is 0 Å². The zero-order valence-electron chi connectivity index (χ0n) is 9.80. The summed E-state index contributed by atoms with van der Waals surface area (Å²) in [5.41, 5.74) is 0. The first-order valence-electron chi connectivity index (χ1n) is 5.41. The Labute approximate surface area is 122 Å². The Morgan fingerprint density at radius 2 is 1.26 bits per heavy atom. The summed E-state index contributed by atoms with van der Waals surface area (Å²) < 4.78 is 15.2. The first-order chi connectivity index (χ1) is 9.22. The molecule has 0 fully saturated rings. The third-order valence-corrected chi connectivity index (χ3v) is 4.24. The highest BCUT2D eigenvalue weighted by Crippen LogP contribution is 2.49. The Morgan fingerprint density at radius 3 is 1.63 bits per heavy atom. The van der Waals surface area contributed by atoms with Crippen LogP contribution in [0.2, 0.25) is 0 Å². The molecule has 0 amide bonds. The molecule has 0 saturated carbocycles. The van der Waals surface area contributed by atoms with Gasteiger partial charge in [-0.05, 0) is 36.5 Å². The minimum absolute atomic E-state index is 0.593. The third kappa shape index (κ3) is 4.27. The van der Waals surface area contributed by atoms with Gasteiger partial charge in [0.1, 0.15) is 11.5 Å². The van der Waals surface area contributed by atoms with Crippen LogP contribution in [0.1, 0.15) is 0 Å². The lowest BCUT2D eigenvalue weighted by Crippen LogP contribution is -1.98. The number of rotatable bonds is 5. The second kappa shape index (κ2) is 6.60. The molecule has 0 radical (unpaired) electrons. The maximum atomic E-state index is 5.65. The standard InChI is InChI=1S/C13H10NO2PS2/c18-11-14-17(19,15-12-7-3-1-4-8-12)16-13-9-5-2-6-10-13/h1-10H. The monoisotopic (exact) mass is 307 g/mol. The van der Waals surface area contributed by atoms with Crippen molar-refractivity contribution in [3.63, 3.8) is 0 Å². The average molecular weight is 307 g/mol. The SMILES string of the molecule is S=C=NP(=S)(Oc1ccccc1)Oc1ccccc1. The third-order valence-electron chi connectivity index (χ3n) is 2.09. The van der Waals surface area contributed by atoms with Crippen molar-refractivity contribution in [2.45, 2.75) is 0 Å². The van der Waals surface area contributed by atoms with E-state index in [0.717, 1.165) is 0 Å². The van der Waals surface area contributed by atoms with Crippen LogP contribution in [-0.2, 0) is 11.8 Å². The normalized spacial score (nSPS) is 10.3. The zero-order chi connectivity index (χ0) is 13.6. The molecule has 6 heteroatoms. The fourth-order valence-electron chi connectivity index (χ4n) is 1.34. The van der Waals surface area contributed by atoms with E-state index in [-0.39, 0.29) is 0 Å². The predicted octanol–water partition coefficient (Wildman–Crippen LogP) is 4.47. The highest BCUT2D eigenvalue weighted by molar-refractivity contribution is 8.09. The molecule has 0 aliphatic carbocycles. The second-order valence-corrected chi connectivity index (χ2v) is 6.54. The van der Waals surface area contributed by atoms with E-state index in [0.29, 0.717) is 11.5 Å². The molecule has 2 aromatic carbocycles. The van der Waals surface area contributed by atoms with Crippen LogP contribution >= 0.6 is 18.9 Å². The van der Waals surface area contributed by atoms with Crippen LogP contribution in [0.5, 0.6) is 11.5 Å². The van der Waals surface area contributed by atoms with E-state index >= 15 is 0 Å². The zero-order valence-corrected chi connectivity index (χ0v) is 12.3. The maximum Gasteiger partial charge on any atom is 0.423 e. The van der Waals surface area contributed by atoms with Gasteiger partial charge < -0.3 is 9.05 Å². The number of nitrogens with zero attached hydrogens (tertiary/aromatic N) is 1. The smallest absolute Gasteiger partial charge is 0.419 e. The molecule has 96 valence electrons. The molecule has 2 rings (SSSR count). The van der Waals surface area contributed by atoms with E-state index in [1.807, 2.05) is 36.4 Å². The van der Waals surface area contributed by atoms with Crippen LogP contribution in [0.4, 0.5) is 0 Å². The fraction of sp³-hybridized carbons (Fsp3) is 0. The Morgan fingerprint density at radius 1 is 0.842 bits per heavy atom. The van der Waals surface area contributed by atoms with Crippen molar-refractivity contribution < 1.29 is 9.05 Å². The van der Waals surface area contributed by atoms with Crippen LogP contribution in [0.25, 0.3) is 0 Å². The number of benzene rings is 2. The van der Waals surface area contributed by atoms with Gasteiger partial charge in [0.05, 0.1) is 5.16 Å². The first kappa shape index (κ1) is 13.9. The largest absolute Gasteiger partial charge is 0.423 e. The molecule has 0 saturated heterocycles.